The van der Waals surface area contributed by atoms with Crippen molar-refractivity contribution in [3.8, 4) is 0 Å². The van der Waals surface area contributed by atoms with Gasteiger partial charge in [-0.2, -0.15) is 0 Å². The van der Waals surface area contributed by atoms with Crippen molar-refractivity contribution in [1.29, 1.82) is 0 Å². The van der Waals surface area contributed by atoms with Gasteiger partial charge in [-0.25, -0.2) is 10.8 Å². The molecule has 0 aliphatic heterocycles. The molecule has 0 fully saturated rings. The lowest BCUT2D eigenvalue weighted by Gasteiger charge is -2.10. The van der Waals surface area contributed by atoms with E-state index in [2.05, 4.69) is 29.6 Å². The Bertz CT molecular complexity index is 658. The number of hydrogen-bond donors (Lipinski definition) is 3. The van der Waals surface area contributed by atoms with Crippen LogP contribution in [0.4, 0.5) is 11.5 Å². The topological polar surface area (TPSA) is 80.0 Å². The maximum atomic E-state index is 12.3. The molecular weight excluding hydrogens is 288 g/mol. The predicted molar refractivity (Wildman–Crippen MR) is 85.5 cm³/mol. The van der Waals surface area contributed by atoms with Crippen LogP contribution in [-0.2, 0) is 0 Å². The summed E-state index contributed by atoms with van der Waals surface area (Å²) in [6.07, 6.45) is 0. The number of halogens is 1. The van der Waals surface area contributed by atoms with Crippen LogP contribution < -0.4 is 16.6 Å². The Balaban J connectivity index is 2.24. The molecule has 0 radical (unpaired) electrons. The average molecular weight is 305 g/mol. The summed E-state index contributed by atoms with van der Waals surface area (Å²) < 4.78 is 0. The molecule has 6 heteroatoms. The highest BCUT2D eigenvalue weighted by Crippen LogP contribution is 2.21. The lowest BCUT2D eigenvalue weighted by molar-refractivity contribution is 0.102. The van der Waals surface area contributed by atoms with Crippen LogP contribution in [0.5, 0.6) is 0 Å². The van der Waals surface area contributed by atoms with Gasteiger partial charge < -0.3 is 10.7 Å². The van der Waals surface area contributed by atoms with E-state index in [4.69, 9.17) is 17.4 Å². The van der Waals surface area contributed by atoms with Crippen LogP contribution in [0.15, 0.2) is 36.4 Å². The van der Waals surface area contributed by atoms with Gasteiger partial charge in [-0.1, -0.05) is 37.6 Å². The molecule has 1 amide bonds. The van der Waals surface area contributed by atoms with Crippen LogP contribution in [-0.4, -0.2) is 10.9 Å². The highest BCUT2D eigenvalue weighted by molar-refractivity contribution is 6.34. The Morgan fingerprint density at radius 3 is 2.71 bits per heavy atom. The zero-order chi connectivity index (χ0) is 15.4. The van der Waals surface area contributed by atoms with Crippen molar-refractivity contribution in [2.75, 3.05) is 10.7 Å². The predicted octanol–water partition coefficient (Wildman–Crippen LogP) is 3.40. The fourth-order valence-electron chi connectivity index (χ4n) is 1.85. The van der Waals surface area contributed by atoms with Gasteiger partial charge in [0.15, 0.2) is 0 Å². The Kier molecular flexibility index (Phi) is 4.77. The summed E-state index contributed by atoms with van der Waals surface area (Å²) in [6.45, 7) is 4.19. The molecule has 0 aliphatic carbocycles. The minimum atomic E-state index is -0.377. The number of hydrazine groups is 1. The summed E-state index contributed by atoms with van der Waals surface area (Å²) in [4.78, 5) is 16.3. The number of amides is 1. The number of hydrogen-bond acceptors (Lipinski definition) is 4. The number of carbonyl (C=O) groups excluding carboxylic acids is 1. The molecule has 21 heavy (non-hydrogen) atoms. The summed E-state index contributed by atoms with van der Waals surface area (Å²) in [6, 6.07) is 10.8. The van der Waals surface area contributed by atoms with Gasteiger partial charge in [-0.3, -0.25) is 4.79 Å². The van der Waals surface area contributed by atoms with Gasteiger partial charge >= 0.3 is 0 Å². The molecule has 0 saturated carbocycles. The van der Waals surface area contributed by atoms with Gasteiger partial charge in [0.05, 0.1) is 5.02 Å². The Morgan fingerprint density at radius 1 is 1.29 bits per heavy atom. The summed E-state index contributed by atoms with van der Waals surface area (Å²) in [5.41, 5.74) is 4.36. The molecule has 1 aromatic carbocycles. The first-order chi connectivity index (χ1) is 10.0. The monoisotopic (exact) mass is 304 g/mol. The maximum absolute atomic E-state index is 12.3. The van der Waals surface area contributed by atoms with E-state index < -0.39 is 0 Å². The zero-order valence-corrected chi connectivity index (χ0v) is 12.6. The van der Waals surface area contributed by atoms with Gasteiger partial charge in [0, 0.05) is 5.69 Å². The molecule has 110 valence electrons. The molecule has 2 aromatic rings. The van der Waals surface area contributed by atoms with E-state index in [1.807, 2.05) is 24.3 Å². The highest BCUT2D eigenvalue weighted by atomic mass is 35.5. The summed E-state index contributed by atoms with van der Waals surface area (Å²) in [5.74, 6) is 5.67. The molecule has 5 nitrogen and oxygen atoms in total. The molecule has 1 heterocycles. The van der Waals surface area contributed by atoms with Crippen LogP contribution in [0, 0.1) is 0 Å². The molecule has 1 aromatic heterocycles. The van der Waals surface area contributed by atoms with E-state index in [-0.39, 0.29) is 16.6 Å². The third-order valence-electron chi connectivity index (χ3n) is 3.02. The number of aromatic nitrogens is 1. The lowest BCUT2D eigenvalue weighted by atomic mass is 10.0. The summed E-state index contributed by atoms with van der Waals surface area (Å²) >= 11 is 6.00. The van der Waals surface area contributed by atoms with Crippen LogP contribution in [0.1, 0.15) is 35.8 Å². The molecule has 4 N–H and O–H groups in total. The number of nitrogens with one attached hydrogen (secondary N) is 2. The molecule has 0 aliphatic rings. The number of nitrogens with zero attached hydrogens (tertiary/aromatic N) is 1. The van der Waals surface area contributed by atoms with Crippen LogP contribution in [0.3, 0.4) is 0 Å². The molecule has 0 spiro atoms. The molecule has 0 bridgehead atoms. The first kappa shape index (κ1) is 15.3. The largest absolute Gasteiger partial charge is 0.321 e. The van der Waals surface area contributed by atoms with Crippen LogP contribution in [0.25, 0.3) is 0 Å². The smallest absolute Gasteiger partial charge is 0.275 e. The summed E-state index contributed by atoms with van der Waals surface area (Å²) in [5, 5.41) is 3.06. The zero-order valence-electron chi connectivity index (χ0n) is 11.9. The SMILES string of the molecule is CC(C)c1cccc(NC(=O)c2nc(NN)ccc2Cl)c1. The molecule has 0 unspecified atom stereocenters. The minimum absolute atomic E-state index is 0.127. The molecular formula is C15H17ClN4O. The van der Waals surface area contributed by atoms with Crippen molar-refractivity contribution in [2.24, 2.45) is 5.84 Å². The van der Waals surface area contributed by atoms with E-state index in [9.17, 15) is 4.79 Å². The normalized spacial score (nSPS) is 10.5. The third kappa shape index (κ3) is 3.71. The van der Waals surface area contributed by atoms with Gasteiger partial charge in [0.25, 0.3) is 5.91 Å². The Morgan fingerprint density at radius 2 is 2.05 bits per heavy atom. The van der Waals surface area contributed by atoms with E-state index in [1.54, 1.807) is 12.1 Å². The number of benzene rings is 1. The second kappa shape index (κ2) is 6.56. The Hall–Kier alpha value is -2.11. The quantitative estimate of drug-likeness (QED) is 0.597. The third-order valence-corrected chi connectivity index (χ3v) is 3.33. The summed E-state index contributed by atoms with van der Waals surface area (Å²) in [7, 11) is 0. The number of anilines is 2. The fourth-order valence-corrected chi connectivity index (χ4v) is 2.04. The maximum Gasteiger partial charge on any atom is 0.275 e. The minimum Gasteiger partial charge on any atom is -0.321 e. The second-order valence-electron chi connectivity index (χ2n) is 4.91. The van der Waals surface area contributed by atoms with Crippen LogP contribution in [0.2, 0.25) is 5.02 Å². The first-order valence-electron chi connectivity index (χ1n) is 6.55. The van der Waals surface area contributed by atoms with Crippen molar-refractivity contribution < 1.29 is 4.79 Å². The van der Waals surface area contributed by atoms with E-state index >= 15 is 0 Å². The second-order valence-corrected chi connectivity index (χ2v) is 5.31. The molecule has 0 atom stereocenters. The molecule has 2 rings (SSSR count). The van der Waals surface area contributed by atoms with Crippen molar-refractivity contribution in [1.82, 2.24) is 4.98 Å². The number of pyridine rings is 1. The number of nitrogens with two attached hydrogens (primary N) is 1. The van der Waals surface area contributed by atoms with Crippen LogP contribution >= 0.6 is 11.6 Å². The van der Waals surface area contributed by atoms with E-state index in [1.165, 1.54) is 0 Å². The standard InChI is InChI=1S/C15H17ClN4O/c1-9(2)10-4-3-5-11(8-10)18-15(21)14-12(16)6-7-13(19-14)20-17/h3-9H,17H2,1-2H3,(H,18,21)(H,19,20). The first-order valence-corrected chi connectivity index (χ1v) is 6.93. The van der Waals surface area contributed by atoms with Gasteiger partial charge in [0.2, 0.25) is 0 Å². The number of nitrogen functional groups attached to an aromatic ring is 1. The van der Waals surface area contributed by atoms with Crippen molar-refractivity contribution >= 4 is 29.0 Å². The number of carbonyl (C=O) groups is 1. The van der Waals surface area contributed by atoms with Gasteiger partial charge in [0.1, 0.15) is 11.5 Å². The van der Waals surface area contributed by atoms with Crippen molar-refractivity contribution in [3.05, 3.63) is 52.7 Å². The lowest BCUT2D eigenvalue weighted by Crippen LogP contribution is -2.17. The fraction of sp³-hybridized carbons (Fsp3) is 0.200. The average Bonchev–Trinajstić information content (AvgIpc) is 2.48. The Labute approximate surface area is 128 Å². The van der Waals surface area contributed by atoms with Crippen molar-refractivity contribution in [2.45, 2.75) is 19.8 Å². The molecule has 0 saturated heterocycles. The van der Waals surface area contributed by atoms with Crippen molar-refractivity contribution in [3.63, 3.8) is 0 Å². The highest BCUT2D eigenvalue weighted by Gasteiger charge is 2.13. The number of rotatable bonds is 4. The van der Waals surface area contributed by atoms with E-state index in [0.717, 1.165) is 5.56 Å². The van der Waals surface area contributed by atoms with Gasteiger partial charge in [-0.15, -0.1) is 0 Å². The van der Waals surface area contributed by atoms with Gasteiger partial charge in [-0.05, 0) is 35.7 Å². The van der Waals surface area contributed by atoms with E-state index in [0.29, 0.717) is 17.4 Å².